The lowest BCUT2D eigenvalue weighted by Crippen LogP contribution is -2.38. The third-order valence-corrected chi connectivity index (χ3v) is 7.01. The molecular weight excluding hydrogens is 488 g/mol. The number of piperidine rings is 1. The minimum Gasteiger partial charge on any atom is -0.437 e. The smallest absolute Gasteiger partial charge is 0.228 e. The molecule has 39 heavy (non-hydrogen) atoms. The van der Waals surface area contributed by atoms with Crippen molar-refractivity contribution in [3.8, 4) is 22.9 Å². The van der Waals surface area contributed by atoms with Crippen LogP contribution in [0.3, 0.4) is 0 Å². The van der Waals surface area contributed by atoms with E-state index in [1.165, 1.54) is 0 Å². The Morgan fingerprint density at radius 2 is 1.90 bits per heavy atom. The minimum atomic E-state index is 0.314. The predicted octanol–water partition coefficient (Wildman–Crippen LogP) is 5.74. The van der Waals surface area contributed by atoms with Gasteiger partial charge in [0.1, 0.15) is 5.75 Å². The predicted molar refractivity (Wildman–Crippen MR) is 155 cm³/mol. The quantitative estimate of drug-likeness (QED) is 0.250. The highest BCUT2D eigenvalue weighted by Gasteiger charge is 2.18. The Labute approximate surface area is 227 Å². The fraction of sp³-hybridized carbons (Fsp3) is 0.267. The number of nitrogens with zero attached hydrogens (tertiary/aromatic N) is 5. The highest BCUT2D eigenvalue weighted by Crippen LogP contribution is 2.39. The normalized spacial score (nSPS) is 15.3. The van der Waals surface area contributed by atoms with Crippen LogP contribution >= 0.6 is 0 Å². The standard InChI is InChI=1S/C30H32N8O/c1-19-11-12-22-23(8-4-10-25(22)35-28-20(2)18-38(3)37-28)27(19)39-29-24(9-6-15-32-29)26-13-16-33-30(36-26)34-21-7-5-14-31-17-21/h4,6,8-13,15-16,18,21,31H,5,7,14,17H2,1-3H3,(H,35,37)(H,33,34,36)/t21-/m0/s1. The molecular formula is C30H32N8O. The Bertz CT molecular complexity index is 1620. The average molecular weight is 521 g/mol. The Kier molecular flexibility index (Phi) is 6.81. The van der Waals surface area contributed by atoms with Crippen LogP contribution in [0, 0.1) is 13.8 Å². The maximum atomic E-state index is 6.58. The number of aromatic nitrogens is 5. The van der Waals surface area contributed by atoms with Crippen LogP contribution in [0.4, 0.5) is 17.5 Å². The van der Waals surface area contributed by atoms with Gasteiger partial charge in [-0.05, 0) is 63.1 Å². The van der Waals surface area contributed by atoms with Crippen LogP contribution in [-0.2, 0) is 7.05 Å². The van der Waals surface area contributed by atoms with Gasteiger partial charge in [-0.1, -0.05) is 24.3 Å². The van der Waals surface area contributed by atoms with E-state index in [9.17, 15) is 0 Å². The van der Waals surface area contributed by atoms with E-state index >= 15 is 0 Å². The molecule has 0 bridgehead atoms. The largest absolute Gasteiger partial charge is 0.437 e. The van der Waals surface area contributed by atoms with Crippen molar-refractivity contribution >= 4 is 28.2 Å². The molecule has 1 atom stereocenters. The van der Waals surface area contributed by atoms with Gasteiger partial charge in [-0.25, -0.2) is 15.0 Å². The molecule has 1 aliphatic heterocycles. The van der Waals surface area contributed by atoms with E-state index in [0.717, 1.165) is 76.3 Å². The van der Waals surface area contributed by atoms with E-state index in [-0.39, 0.29) is 0 Å². The third kappa shape index (κ3) is 5.26. The van der Waals surface area contributed by atoms with Crippen molar-refractivity contribution in [2.24, 2.45) is 7.05 Å². The zero-order valence-corrected chi connectivity index (χ0v) is 22.4. The molecule has 9 heteroatoms. The van der Waals surface area contributed by atoms with Crippen molar-refractivity contribution in [3.05, 3.63) is 78.2 Å². The van der Waals surface area contributed by atoms with Crippen LogP contribution in [-0.4, -0.2) is 43.9 Å². The first-order valence-corrected chi connectivity index (χ1v) is 13.3. The van der Waals surface area contributed by atoms with E-state index in [1.54, 1.807) is 12.4 Å². The second kappa shape index (κ2) is 10.7. The molecule has 0 amide bonds. The molecule has 0 unspecified atom stereocenters. The number of hydrogen-bond acceptors (Lipinski definition) is 8. The summed E-state index contributed by atoms with van der Waals surface area (Å²) < 4.78 is 8.39. The van der Waals surface area contributed by atoms with Gasteiger partial charge in [0.05, 0.1) is 11.3 Å². The van der Waals surface area contributed by atoms with Gasteiger partial charge in [-0.2, -0.15) is 5.10 Å². The fourth-order valence-corrected chi connectivity index (χ4v) is 5.04. The number of nitrogens with one attached hydrogen (secondary N) is 3. The molecule has 0 aliphatic carbocycles. The van der Waals surface area contributed by atoms with Crippen LogP contribution in [0.25, 0.3) is 22.0 Å². The number of pyridine rings is 1. The Hall–Kier alpha value is -4.50. The lowest BCUT2D eigenvalue weighted by molar-refractivity contribution is 0.466. The summed E-state index contributed by atoms with van der Waals surface area (Å²) in [7, 11) is 1.92. The molecule has 4 heterocycles. The molecule has 6 rings (SSSR count). The van der Waals surface area contributed by atoms with Crippen LogP contribution in [0.15, 0.2) is 67.1 Å². The van der Waals surface area contributed by atoms with Crippen LogP contribution in [0.5, 0.6) is 11.6 Å². The van der Waals surface area contributed by atoms with Crippen molar-refractivity contribution in [1.82, 2.24) is 30.0 Å². The first kappa shape index (κ1) is 24.8. The minimum absolute atomic E-state index is 0.314. The van der Waals surface area contributed by atoms with Gasteiger partial charge in [0.15, 0.2) is 5.82 Å². The maximum Gasteiger partial charge on any atom is 0.228 e. The van der Waals surface area contributed by atoms with Crippen LogP contribution in [0.2, 0.25) is 0 Å². The molecule has 1 aliphatic rings. The molecule has 1 fully saturated rings. The highest BCUT2D eigenvalue weighted by molar-refractivity contribution is 5.99. The van der Waals surface area contributed by atoms with Gasteiger partial charge in [0.25, 0.3) is 0 Å². The molecule has 3 N–H and O–H groups in total. The summed E-state index contributed by atoms with van der Waals surface area (Å²) in [6, 6.07) is 16.4. The van der Waals surface area contributed by atoms with Gasteiger partial charge in [0.2, 0.25) is 11.8 Å². The SMILES string of the molecule is Cc1cn(C)nc1Nc1cccc2c(Oc3ncccc3-c3ccnc(N[C@H]4CCCNC4)n3)c(C)ccc12. The molecule has 0 radical (unpaired) electrons. The van der Waals surface area contributed by atoms with Gasteiger partial charge in [-0.15, -0.1) is 0 Å². The van der Waals surface area contributed by atoms with Crippen LogP contribution < -0.4 is 20.7 Å². The van der Waals surface area contributed by atoms with Crippen molar-refractivity contribution < 1.29 is 4.74 Å². The van der Waals surface area contributed by atoms with E-state index in [2.05, 4.69) is 55.3 Å². The van der Waals surface area contributed by atoms with Crippen LogP contribution in [0.1, 0.15) is 24.0 Å². The van der Waals surface area contributed by atoms with Gasteiger partial charge in [0, 0.05) is 60.2 Å². The number of benzene rings is 2. The van der Waals surface area contributed by atoms with E-state index < -0.39 is 0 Å². The number of rotatable bonds is 7. The number of fused-ring (bicyclic) bond motifs is 1. The molecule has 1 saturated heterocycles. The van der Waals surface area contributed by atoms with E-state index in [1.807, 2.05) is 56.0 Å². The first-order valence-electron chi connectivity index (χ1n) is 13.3. The summed E-state index contributed by atoms with van der Waals surface area (Å²) in [5, 5.41) is 17.0. The molecule has 3 aromatic heterocycles. The van der Waals surface area contributed by atoms with E-state index in [4.69, 9.17) is 9.72 Å². The summed E-state index contributed by atoms with van der Waals surface area (Å²) in [6.45, 7) is 6.06. The average Bonchev–Trinajstić information content (AvgIpc) is 3.27. The number of anilines is 3. The summed E-state index contributed by atoms with van der Waals surface area (Å²) in [4.78, 5) is 13.9. The fourth-order valence-electron chi connectivity index (χ4n) is 5.04. The highest BCUT2D eigenvalue weighted by atomic mass is 16.5. The summed E-state index contributed by atoms with van der Waals surface area (Å²) in [5.41, 5.74) is 4.61. The first-order chi connectivity index (χ1) is 19.0. The van der Waals surface area contributed by atoms with Gasteiger partial charge in [-0.3, -0.25) is 4.68 Å². The number of ether oxygens (including phenoxy) is 1. The molecule has 0 saturated carbocycles. The molecule has 2 aromatic carbocycles. The molecule has 198 valence electrons. The Balaban J connectivity index is 1.34. The molecule has 9 nitrogen and oxygen atoms in total. The number of aryl methyl sites for hydroxylation is 3. The summed E-state index contributed by atoms with van der Waals surface area (Å²) in [6.07, 6.45) is 7.75. The lowest BCUT2D eigenvalue weighted by atomic mass is 10.0. The lowest BCUT2D eigenvalue weighted by Gasteiger charge is -2.23. The Morgan fingerprint density at radius 1 is 0.974 bits per heavy atom. The second-order valence-electron chi connectivity index (χ2n) is 9.98. The molecule has 0 spiro atoms. The second-order valence-corrected chi connectivity index (χ2v) is 9.98. The maximum absolute atomic E-state index is 6.58. The van der Waals surface area contributed by atoms with Crippen molar-refractivity contribution in [2.45, 2.75) is 32.7 Å². The van der Waals surface area contributed by atoms with Gasteiger partial charge < -0.3 is 20.7 Å². The van der Waals surface area contributed by atoms with Crippen molar-refractivity contribution in [2.75, 3.05) is 23.7 Å². The Morgan fingerprint density at radius 3 is 2.72 bits per heavy atom. The number of hydrogen-bond donors (Lipinski definition) is 3. The zero-order valence-electron chi connectivity index (χ0n) is 22.4. The van der Waals surface area contributed by atoms with Gasteiger partial charge >= 0.3 is 0 Å². The third-order valence-electron chi connectivity index (χ3n) is 7.01. The van der Waals surface area contributed by atoms with Crippen molar-refractivity contribution in [3.63, 3.8) is 0 Å². The van der Waals surface area contributed by atoms with E-state index in [0.29, 0.717) is 17.9 Å². The molecule has 5 aromatic rings. The zero-order chi connectivity index (χ0) is 26.8. The summed E-state index contributed by atoms with van der Waals surface area (Å²) in [5.74, 6) is 2.70. The topological polar surface area (TPSA) is 102 Å². The summed E-state index contributed by atoms with van der Waals surface area (Å²) >= 11 is 0. The monoisotopic (exact) mass is 520 g/mol. The van der Waals surface area contributed by atoms with Crippen molar-refractivity contribution in [1.29, 1.82) is 0 Å².